The molecule has 0 aliphatic carbocycles. The van der Waals surface area contributed by atoms with E-state index in [4.69, 9.17) is 19.9 Å². The number of anilines is 1. The molecule has 2 aromatic rings. The van der Waals surface area contributed by atoms with Crippen molar-refractivity contribution in [3.05, 3.63) is 53.1 Å². The number of carbonyl (C=O) groups is 1. The smallest absolute Gasteiger partial charge is 0.408 e. The molecular weight excluding hydrogens is 408 g/mol. The van der Waals surface area contributed by atoms with Gasteiger partial charge in [0.25, 0.3) is 0 Å². The zero-order valence-electron chi connectivity index (χ0n) is 19.7. The molecule has 0 saturated carbocycles. The minimum atomic E-state index is -1.09. The highest BCUT2D eigenvalue weighted by Gasteiger charge is 2.47. The fraction of sp³-hybridized carbons (Fsp3) is 0.480. The predicted molar refractivity (Wildman–Crippen MR) is 124 cm³/mol. The highest BCUT2D eigenvalue weighted by atomic mass is 16.6. The van der Waals surface area contributed by atoms with Crippen molar-refractivity contribution in [2.75, 3.05) is 12.8 Å². The van der Waals surface area contributed by atoms with Crippen molar-refractivity contribution >= 4 is 11.8 Å². The van der Waals surface area contributed by atoms with Gasteiger partial charge in [0.15, 0.2) is 6.10 Å². The number of benzene rings is 2. The molecule has 0 radical (unpaired) electrons. The Hall–Kier alpha value is -2.93. The molecule has 2 aromatic carbocycles. The van der Waals surface area contributed by atoms with Gasteiger partial charge in [0.05, 0.1) is 12.8 Å². The van der Waals surface area contributed by atoms with Crippen LogP contribution in [0.4, 0.5) is 10.5 Å². The summed E-state index contributed by atoms with van der Waals surface area (Å²) in [6.07, 6.45) is -1.31. The topological polar surface area (TPSA) is 103 Å². The molecule has 4 N–H and O–H groups in total. The third kappa shape index (κ3) is 5.10. The number of aliphatic hydroxyl groups is 1. The lowest BCUT2D eigenvalue weighted by Crippen LogP contribution is -2.51. The van der Waals surface area contributed by atoms with Gasteiger partial charge >= 0.3 is 6.09 Å². The highest BCUT2D eigenvalue weighted by Crippen LogP contribution is 2.48. The molecule has 32 heavy (non-hydrogen) atoms. The van der Waals surface area contributed by atoms with Crippen LogP contribution in [0, 0.1) is 0 Å². The van der Waals surface area contributed by atoms with Gasteiger partial charge in [-0.1, -0.05) is 30.3 Å². The predicted octanol–water partition coefficient (Wildman–Crippen LogP) is 4.16. The lowest BCUT2D eigenvalue weighted by molar-refractivity contribution is -0.114. The lowest BCUT2D eigenvalue weighted by Gasteiger charge is -2.42. The van der Waals surface area contributed by atoms with Crippen molar-refractivity contribution in [3.8, 4) is 11.5 Å². The molecule has 1 heterocycles. The Bertz CT molecular complexity index is 967. The lowest BCUT2D eigenvalue weighted by atomic mass is 9.85. The number of carbonyl (C=O) groups excluding carboxylic acids is 1. The molecule has 174 valence electrons. The van der Waals surface area contributed by atoms with Gasteiger partial charge in [-0.3, -0.25) is 0 Å². The first-order valence-electron chi connectivity index (χ1n) is 10.8. The van der Waals surface area contributed by atoms with E-state index in [0.717, 1.165) is 17.5 Å². The molecule has 1 aliphatic heterocycles. The fourth-order valence-electron chi connectivity index (χ4n) is 3.83. The number of aliphatic hydroxyl groups excluding tert-OH is 1. The van der Waals surface area contributed by atoms with Crippen LogP contribution >= 0.6 is 0 Å². The Morgan fingerprint density at radius 3 is 2.47 bits per heavy atom. The second-order valence-electron chi connectivity index (χ2n) is 9.73. The number of hydrogen-bond acceptors (Lipinski definition) is 6. The summed E-state index contributed by atoms with van der Waals surface area (Å²) in [5.74, 6) is 0.982. The molecule has 1 aliphatic rings. The van der Waals surface area contributed by atoms with Crippen molar-refractivity contribution in [2.45, 2.75) is 70.8 Å². The van der Waals surface area contributed by atoms with Gasteiger partial charge in [-0.2, -0.15) is 0 Å². The highest BCUT2D eigenvalue weighted by molar-refractivity contribution is 5.71. The number of fused-ring (bicyclic) bond motifs is 1. The summed E-state index contributed by atoms with van der Waals surface area (Å²) >= 11 is 0. The minimum Gasteiger partial charge on any atom is -0.495 e. The van der Waals surface area contributed by atoms with Crippen LogP contribution in [-0.2, 0) is 17.6 Å². The van der Waals surface area contributed by atoms with E-state index < -0.39 is 29.4 Å². The number of nitrogens with one attached hydrogen (secondary N) is 1. The fourth-order valence-corrected chi connectivity index (χ4v) is 3.83. The summed E-state index contributed by atoms with van der Waals surface area (Å²) in [7, 11) is 1.53. The SMILES string of the molecule is COc1cc2c(c(CCc3ccccc3)c1N)OC(C)(C)[C@H](O)[C@H]2OC(=O)NC(C)(C)C. The van der Waals surface area contributed by atoms with Crippen LogP contribution in [0.15, 0.2) is 36.4 Å². The largest absolute Gasteiger partial charge is 0.495 e. The van der Waals surface area contributed by atoms with E-state index in [1.165, 1.54) is 7.11 Å². The molecule has 0 spiro atoms. The molecule has 3 rings (SSSR count). The number of methoxy groups -OCH3 is 1. The van der Waals surface area contributed by atoms with Crippen molar-refractivity contribution in [1.29, 1.82) is 0 Å². The number of ether oxygens (including phenoxy) is 3. The molecule has 0 fully saturated rings. The van der Waals surface area contributed by atoms with Crippen LogP contribution in [0.5, 0.6) is 11.5 Å². The zero-order chi connectivity index (χ0) is 23.7. The Balaban J connectivity index is 2.04. The first-order chi connectivity index (χ1) is 14.9. The average Bonchev–Trinajstić information content (AvgIpc) is 2.70. The first kappa shape index (κ1) is 23.7. The third-order valence-electron chi connectivity index (χ3n) is 5.52. The van der Waals surface area contributed by atoms with E-state index in [1.807, 2.05) is 39.0 Å². The molecule has 0 saturated heterocycles. The van der Waals surface area contributed by atoms with E-state index in [-0.39, 0.29) is 0 Å². The first-order valence-corrected chi connectivity index (χ1v) is 10.8. The molecule has 7 heteroatoms. The van der Waals surface area contributed by atoms with E-state index in [0.29, 0.717) is 29.2 Å². The van der Waals surface area contributed by atoms with Crippen molar-refractivity contribution in [1.82, 2.24) is 5.32 Å². The number of nitrogen functional groups attached to an aromatic ring is 1. The second kappa shape index (κ2) is 8.90. The molecule has 7 nitrogen and oxygen atoms in total. The summed E-state index contributed by atoms with van der Waals surface area (Å²) in [5.41, 5.74) is 7.92. The average molecular weight is 443 g/mol. The number of alkyl carbamates (subject to hydrolysis) is 1. The number of hydrogen-bond donors (Lipinski definition) is 3. The van der Waals surface area contributed by atoms with E-state index in [2.05, 4.69) is 17.4 Å². The molecule has 2 atom stereocenters. The second-order valence-corrected chi connectivity index (χ2v) is 9.73. The molecule has 0 unspecified atom stereocenters. The van der Waals surface area contributed by atoms with Gasteiger partial charge in [-0.25, -0.2) is 4.79 Å². The maximum Gasteiger partial charge on any atom is 0.408 e. The van der Waals surface area contributed by atoms with Crippen LogP contribution in [-0.4, -0.2) is 35.6 Å². The standard InChI is InChI=1S/C25H34N2O5/c1-24(2,3)27-23(29)31-21-17-14-18(30-6)19(26)16(13-12-15-10-8-7-9-11-15)20(17)32-25(4,5)22(21)28/h7-11,14,21-22,28H,12-13,26H2,1-6H3,(H,27,29)/t21-,22+/m0/s1. The normalized spacial score (nSPS) is 19.5. The van der Waals surface area contributed by atoms with Gasteiger partial charge in [0.2, 0.25) is 0 Å². The van der Waals surface area contributed by atoms with Crippen molar-refractivity contribution in [3.63, 3.8) is 0 Å². The summed E-state index contributed by atoms with van der Waals surface area (Å²) in [6, 6.07) is 11.8. The van der Waals surface area contributed by atoms with Gasteiger partial charge in [-0.05, 0) is 59.1 Å². The van der Waals surface area contributed by atoms with Crippen molar-refractivity contribution in [2.24, 2.45) is 0 Å². The van der Waals surface area contributed by atoms with E-state index >= 15 is 0 Å². The van der Waals surface area contributed by atoms with Crippen LogP contribution in [0.3, 0.4) is 0 Å². The Labute approximate surface area is 189 Å². The molecule has 0 bridgehead atoms. The summed E-state index contributed by atoms with van der Waals surface area (Å²) in [4.78, 5) is 12.6. The quantitative estimate of drug-likeness (QED) is 0.601. The summed E-state index contributed by atoms with van der Waals surface area (Å²) in [5, 5.41) is 13.8. The molecular formula is C25H34N2O5. The summed E-state index contributed by atoms with van der Waals surface area (Å²) < 4.78 is 17.5. The monoisotopic (exact) mass is 442 g/mol. The number of aryl methyl sites for hydroxylation is 1. The zero-order valence-corrected chi connectivity index (χ0v) is 19.7. The van der Waals surface area contributed by atoms with E-state index in [9.17, 15) is 9.90 Å². The number of amides is 1. The minimum absolute atomic E-state index is 0.451. The Morgan fingerprint density at radius 2 is 1.88 bits per heavy atom. The Morgan fingerprint density at radius 1 is 1.22 bits per heavy atom. The van der Waals surface area contributed by atoms with Gasteiger partial charge in [0.1, 0.15) is 23.2 Å². The van der Waals surface area contributed by atoms with Gasteiger partial charge < -0.3 is 30.4 Å². The van der Waals surface area contributed by atoms with Crippen LogP contribution in [0.2, 0.25) is 0 Å². The maximum absolute atomic E-state index is 12.6. The Kier molecular flexibility index (Phi) is 6.60. The molecule has 0 aromatic heterocycles. The molecule has 1 amide bonds. The van der Waals surface area contributed by atoms with E-state index in [1.54, 1.807) is 19.9 Å². The van der Waals surface area contributed by atoms with Crippen LogP contribution in [0.1, 0.15) is 57.4 Å². The van der Waals surface area contributed by atoms with Crippen LogP contribution in [0.25, 0.3) is 0 Å². The maximum atomic E-state index is 12.6. The van der Waals surface area contributed by atoms with Gasteiger partial charge in [-0.15, -0.1) is 0 Å². The third-order valence-corrected chi connectivity index (χ3v) is 5.52. The van der Waals surface area contributed by atoms with Crippen LogP contribution < -0.4 is 20.5 Å². The van der Waals surface area contributed by atoms with Gasteiger partial charge in [0, 0.05) is 16.7 Å². The number of rotatable bonds is 5. The van der Waals surface area contributed by atoms with Crippen molar-refractivity contribution < 1.29 is 24.1 Å². The number of nitrogens with two attached hydrogens (primary N) is 1. The summed E-state index contributed by atoms with van der Waals surface area (Å²) in [6.45, 7) is 9.11.